The predicted octanol–water partition coefficient (Wildman–Crippen LogP) is 4.42. The first kappa shape index (κ1) is 17.7. The molecule has 0 aliphatic rings. The minimum atomic E-state index is -0.333. The van der Waals surface area contributed by atoms with E-state index in [0.29, 0.717) is 24.3 Å². The number of carbonyl (C=O) groups excluding carboxylic acids is 2. The molecule has 0 aliphatic heterocycles. The lowest BCUT2D eigenvalue weighted by Crippen LogP contribution is -2.30. The molecule has 1 aromatic carbocycles. The SMILES string of the molecule is C=CCN(Cc1cccs1)C(=O)c1ccc(NC(=O)c2ccco2)cc1. The highest BCUT2D eigenvalue weighted by atomic mass is 32.1. The van der Waals surface area contributed by atoms with Crippen LogP contribution in [0.3, 0.4) is 0 Å². The quantitative estimate of drug-likeness (QED) is 0.630. The molecule has 2 aromatic heterocycles. The number of nitrogens with zero attached hydrogens (tertiary/aromatic N) is 1. The van der Waals surface area contributed by atoms with Gasteiger partial charge in [0.2, 0.25) is 0 Å². The molecule has 5 nitrogen and oxygen atoms in total. The molecule has 6 heteroatoms. The maximum atomic E-state index is 12.8. The van der Waals surface area contributed by atoms with Crippen LogP contribution in [0.25, 0.3) is 0 Å². The molecule has 0 spiro atoms. The molecule has 3 rings (SSSR count). The van der Waals surface area contributed by atoms with Gasteiger partial charge in [-0.05, 0) is 47.8 Å². The first-order valence-corrected chi connectivity index (χ1v) is 8.93. The monoisotopic (exact) mass is 366 g/mol. The van der Waals surface area contributed by atoms with E-state index in [0.717, 1.165) is 4.88 Å². The summed E-state index contributed by atoms with van der Waals surface area (Å²) in [5.74, 6) is -0.180. The molecule has 1 N–H and O–H groups in total. The van der Waals surface area contributed by atoms with Crippen molar-refractivity contribution in [3.05, 3.63) is 89.0 Å². The number of nitrogens with one attached hydrogen (secondary N) is 1. The van der Waals surface area contributed by atoms with Crippen molar-refractivity contribution >= 4 is 28.8 Å². The van der Waals surface area contributed by atoms with E-state index in [9.17, 15) is 9.59 Å². The molecule has 0 saturated heterocycles. The zero-order chi connectivity index (χ0) is 18.4. The van der Waals surface area contributed by atoms with Gasteiger partial charge >= 0.3 is 0 Å². The van der Waals surface area contributed by atoms with Crippen LogP contribution >= 0.6 is 11.3 Å². The van der Waals surface area contributed by atoms with Crippen molar-refractivity contribution < 1.29 is 14.0 Å². The Kier molecular flexibility index (Phi) is 5.66. The predicted molar refractivity (Wildman–Crippen MR) is 102 cm³/mol. The van der Waals surface area contributed by atoms with Gasteiger partial charge in [0.05, 0.1) is 12.8 Å². The van der Waals surface area contributed by atoms with Crippen molar-refractivity contribution in [3.63, 3.8) is 0 Å². The van der Waals surface area contributed by atoms with Crippen LogP contribution in [-0.4, -0.2) is 23.3 Å². The van der Waals surface area contributed by atoms with Crippen molar-refractivity contribution in [2.45, 2.75) is 6.54 Å². The average molecular weight is 366 g/mol. The second-order valence-corrected chi connectivity index (χ2v) is 6.59. The molecular weight excluding hydrogens is 348 g/mol. The Bertz CT molecular complexity index is 868. The molecule has 2 heterocycles. The number of benzene rings is 1. The Hall–Kier alpha value is -3.12. The largest absolute Gasteiger partial charge is 0.459 e. The third-order valence-corrected chi connectivity index (χ3v) is 4.56. The number of amides is 2. The summed E-state index contributed by atoms with van der Waals surface area (Å²) in [5.41, 5.74) is 1.15. The normalized spacial score (nSPS) is 10.3. The number of hydrogen-bond donors (Lipinski definition) is 1. The summed E-state index contributed by atoms with van der Waals surface area (Å²) in [4.78, 5) is 27.6. The lowest BCUT2D eigenvalue weighted by molar-refractivity contribution is 0.0764. The smallest absolute Gasteiger partial charge is 0.291 e. The molecule has 0 bridgehead atoms. The summed E-state index contributed by atoms with van der Waals surface area (Å²) in [6, 6.07) is 14.0. The van der Waals surface area contributed by atoms with Crippen molar-refractivity contribution in [1.29, 1.82) is 0 Å². The van der Waals surface area contributed by atoms with Crippen LogP contribution in [0.1, 0.15) is 25.8 Å². The van der Waals surface area contributed by atoms with Crippen molar-refractivity contribution in [2.24, 2.45) is 0 Å². The first-order chi connectivity index (χ1) is 12.7. The number of carbonyl (C=O) groups is 2. The number of rotatable bonds is 7. The fraction of sp³-hybridized carbons (Fsp3) is 0.100. The van der Waals surface area contributed by atoms with Gasteiger partial charge in [-0.15, -0.1) is 17.9 Å². The van der Waals surface area contributed by atoms with Gasteiger partial charge in [-0.3, -0.25) is 9.59 Å². The van der Waals surface area contributed by atoms with Crippen molar-refractivity contribution in [3.8, 4) is 0 Å². The van der Waals surface area contributed by atoms with E-state index in [1.54, 1.807) is 58.7 Å². The Morgan fingerprint density at radius 3 is 2.58 bits per heavy atom. The Labute approximate surface area is 155 Å². The second-order valence-electron chi connectivity index (χ2n) is 5.56. The number of furan rings is 1. The van der Waals surface area contributed by atoms with Crippen LogP contribution in [0, 0.1) is 0 Å². The summed E-state index contributed by atoms with van der Waals surface area (Å²) in [5, 5.41) is 4.72. The molecule has 2 amide bonds. The van der Waals surface area contributed by atoms with E-state index < -0.39 is 0 Å². The highest BCUT2D eigenvalue weighted by molar-refractivity contribution is 7.09. The topological polar surface area (TPSA) is 62.6 Å². The van der Waals surface area contributed by atoms with Crippen LogP contribution in [0.4, 0.5) is 5.69 Å². The second kappa shape index (κ2) is 8.31. The van der Waals surface area contributed by atoms with Crippen LogP contribution in [0.5, 0.6) is 0 Å². The molecular formula is C20H18N2O3S. The van der Waals surface area contributed by atoms with Gasteiger partial charge in [0.1, 0.15) is 0 Å². The van der Waals surface area contributed by atoms with E-state index in [1.165, 1.54) is 6.26 Å². The molecule has 0 fully saturated rings. The van der Waals surface area contributed by atoms with Crippen LogP contribution < -0.4 is 5.32 Å². The third kappa shape index (κ3) is 4.29. The fourth-order valence-corrected chi connectivity index (χ4v) is 3.16. The summed E-state index contributed by atoms with van der Waals surface area (Å²) in [6.07, 6.45) is 3.15. The molecule has 26 heavy (non-hydrogen) atoms. The molecule has 0 saturated carbocycles. The number of thiophene rings is 1. The first-order valence-electron chi connectivity index (χ1n) is 8.05. The summed E-state index contributed by atoms with van der Waals surface area (Å²) < 4.78 is 5.06. The average Bonchev–Trinajstić information content (AvgIpc) is 3.35. The fourth-order valence-electron chi connectivity index (χ4n) is 2.44. The van der Waals surface area contributed by atoms with Gasteiger partial charge in [0.15, 0.2) is 5.76 Å². The zero-order valence-corrected chi connectivity index (χ0v) is 14.9. The zero-order valence-electron chi connectivity index (χ0n) is 14.1. The van der Waals surface area contributed by atoms with Gasteiger partial charge in [-0.25, -0.2) is 0 Å². The van der Waals surface area contributed by atoms with Gasteiger partial charge in [-0.2, -0.15) is 0 Å². The maximum absolute atomic E-state index is 12.8. The number of hydrogen-bond acceptors (Lipinski definition) is 4. The highest BCUT2D eigenvalue weighted by Gasteiger charge is 2.16. The standard InChI is InChI=1S/C20H18N2O3S/c1-2-11-22(14-17-5-4-13-26-17)20(24)15-7-9-16(10-8-15)21-19(23)18-6-3-12-25-18/h2-10,12-13H,1,11,14H2,(H,21,23). The van der Waals surface area contributed by atoms with Gasteiger partial charge in [0, 0.05) is 22.7 Å². The van der Waals surface area contributed by atoms with E-state index in [2.05, 4.69) is 11.9 Å². The minimum Gasteiger partial charge on any atom is -0.459 e. The van der Waals surface area contributed by atoms with Gasteiger partial charge < -0.3 is 14.6 Å². The molecule has 0 radical (unpaired) electrons. The Balaban J connectivity index is 1.68. The third-order valence-electron chi connectivity index (χ3n) is 3.70. The maximum Gasteiger partial charge on any atom is 0.291 e. The van der Waals surface area contributed by atoms with E-state index in [-0.39, 0.29) is 17.6 Å². The van der Waals surface area contributed by atoms with Crippen LogP contribution in [-0.2, 0) is 6.54 Å². The van der Waals surface area contributed by atoms with Crippen LogP contribution in [0.15, 0.2) is 77.2 Å². The molecule has 0 aliphatic carbocycles. The van der Waals surface area contributed by atoms with E-state index in [4.69, 9.17) is 4.42 Å². The summed E-state index contributed by atoms with van der Waals surface area (Å²) >= 11 is 1.61. The summed E-state index contributed by atoms with van der Waals surface area (Å²) in [7, 11) is 0. The minimum absolute atomic E-state index is 0.0813. The molecule has 0 unspecified atom stereocenters. The molecule has 0 atom stereocenters. The number of anilines is 1. The van der Waals surface area contributed by atoms with Crippen molar-refractivity contribution in [1.82, 2.24) is 4.90 Å². The van der Waals surface area contributed by atoms with Gasteiger partial charge in [0.25, 0.3) is 11.8 Å². The Morgan fingerprint density at radius 2 is 1.96 bits per heavy atom. The van der Waals surface area contributed by atoms with E-state index in [1.807, 2.05) is 17.5 Å². The van der Waals surface area contributed by atoms with E-state index >= 15 is 0 Å². The lowest BCUT2D eigenvalue weighted by Gasteiger charge is -2.20. The van der Waals surface area contributed by atoms with Crippen molar-refractivity contribution in [2.75, 3.05) is 11.9 Å². The molecule has 132 valence electrons. The Morgan fingerprint density at radius 1 is 1.15 bits per heavy atom. The van der Waals surface area contributed by atoms with Gasteiger partial charge in [-0.1, -0.05) is 12.1 Å². The van der Waals surface area contributed by atoms with Crippen LogP contribution in [0.2, 0.25) is 0 Å². The molecule has 3 aromatic rings. The lowest BCUT2D eigenvalue weighted by atomic mass is 10.1. The highest BCUT2D eigenvalue weighted by Crippen LogP contribution is 2.17. The summed E-state index contributed by atoms with van der Waals surface area (Å²) in [6.45, 7) is 4.74.